The maximum atomic E-state index is 13.7. The first-order chi connectivity index (χ1) is 13.6. The summed E-state index contributed by atoms with van der Waals surface area (Å²) in [5.41, 5.74) is 0.862. The van der Waals surface area contributed by atoms with Crippen molar-refractivity contribution in [1.82, 2.24) is 10.3 Å². The molecule has 0 unspecified atom stereocenters. The van der Waals surface area contributed by atoms with Crippen LogP contribution in [0.15, 0.2) is 36.4 Å². The topological polar surface area (TPSA) is 51.2 Å². The molecule has 2 aromatic carbocycles. The number of nitrogens with zero attached hydrogens (tertiary/aromatic N) is 1. The highest BCUT2D eigenvalue weighted by Gasteiger charge is 2.31. The molecule has 4 nitrogen and oxygen atoms in total. The van der Waals surface area contributed by atoms with Gasteiger partial charge in [0.2, 0.25) is 5.88 Å². The van der Waals surface area contributed by atoms with Crippen LogP contribution in [-0.2, 0) is 12.7 Å². The molecule has 1 amide bonds. The standard InChI is InChI=1S/C21H18F4N2O2/c1-11-4-5-13(8-16(11)22)10-26-19(28)18-12(2)15-7-6-14(21(23,24)25)9-17(15)27-20(18)29-3/h4-9H,10H2,1-3H3,(H,26,28). The van der Waals surface area contributed by atoms with E-state index in [2.05, 4.69) is 10.3 Å². The lowest BCUT2D eigenvalue weighted by Gasteiger charge is -2.15. The number of pyridine rings is 1. The lowest BCUT2D eigenvalue weighted by Crippen LogP contribution is -2.25. The molecule has 0 saturated carbocycles. The van der Waals surface area contributed by atoms with Crippen molar-refractivity contribution >= 4 is 16.8 Å². The highest BCUT2D eigenvalue weighted by molar-refractivity contribution is 6.02. The van der Waals surface area contributed by atoms with Gasteiger partial charge in [0.05, 0.1) is 18.2 Å². The molecule has 3 aromatic rings. The van der Waals surface area contributed by atoms with Gasteiger partial charge in [-0.2, -0.15) is 13.2 Å². The summed E-state index contributed by atoms with van der Waals surface area (Å²) in [6.45, 7) is 3.32. The number of aryl methyl sites for hydroxylation is 2. The van der Waals surface area contributed by atoms with Crippen molar-refractivity contribution in [1.29, 1.82) is 0 Å². The van der Waals surface area contributed by atoms with Crippen LogP contribution < -0.4 is 10.1 Å². The fourth-order valence-electron chi connectivity index (χ4n) is 3.01. The van der Waals surface area contributed by atoms with Crippen molar-refractivity contribution in [3.63, 3.8) is 0 Å². The number of methoxy groups -OCH3 is 1. The van der Waals surface area contributed by atoms with Gasteiger partial charge < -0.3 is 10.1 Å². The first-order valence-electron chi connectivity index (χ1n) is 8.70. The molecule has 0 aliphatic heterocycles. The van der Waals surface area contributed by atoms with Gasteiger partial charge in [0, 0.05) is 11.9 Å². The molecule has 0 spiro atoms. The maximum absolute atomic E-state index is 13.7. The van der Waals surface area contributed by atoms with Gasteiger partial charge in [-0.05, 0) is 48.7 Å². The smallest absolute Gasteiger partial charge is 0.416 e. The van der Waals surface area contributed by atoms with E-state index >= 15 is 0 Å². The summed E-state index contributed by atoms with van der Waals surface area (Å²) in [7, 11) is 1.29. The van der Waals surface area contributed by atoms with Gasteiger partial charge in [-0.15, -0.1) is 0 Å². The van der Waals surface area contributed by atoms with Gasteiger partial charge in [-0.25, -0.2) is 9.37 Å². The third-order valence-corrected chi connectivity index (χ3v) is 4.65. The largest absolute Gasteiger partial charge is 0.480 e. The molecule has 8 heteroatoms. The molecule has 0 atom stereocenters. The summed E-state index contributed by atoms with van der Waals surface area (Å²) in [5, 5.41) is 3.08. The molecule has 29 heavy (non-hydrogen) atoms. The summed E-state index contributed by atoms with van der Waals surface area (Å²) >= 11 is 0. The predicted molar refractivity (Wildman–Crippen MR) is 100 cm³/mol. The molecular formula is C21H18F4N2O2. The van der Waals surface area contributed by atoms with Gasteiger partial charge in [-0.3, -0.25) is 4.79 Å². The number of amides is 1. The first-order valence-corrected chi connectivity index (χ1v) is 8.70. The second kappa shape index (κ2) is 7.69. The van der Waals surface area contributed by atoms with Crippen LogP contribution in [0.1, 0.15) is 32.6 Å². The van der Waals surface area contributed by atoms with Crippen LogP contribution in [0.5, 0.6) is 5.88 Å². The van der Waals surface area contributed by atoms with Crippen molar-refractivity contribution in [2.75, 3.05) is 7.11 Å². The molecule has 1 aromatic heterocycles. The van der Waals surface area contributed by atoms with Crippen molar-refractivity contribution in [2.45, 2.75) is 26.6 Å². The number of halogens is 4. The number of aromatic nitrogens is 1. The molecule has 0 saturated heterocycles. The van der Waals surface area contributed by atoms with E-state index in [1.807, 2.05) is 0 Å². The lowest BCUT2D eigenvalue weighted by atomic mass is 10.0. The highest BCUT2D eigenvalue weighted by Crippen LogP contribution is 2.34. The maximum Gasteiger partial charge on any atom is 0.416 e. The molecule has 0 aliphatic rings. The van der Waals surface area contributed by atoms with E-state index in [0.717, 1.165) is 12.1 Å². The Kier molecular flexibility index (Phi) is 5.46. The molecule has 1 N–H and O–H groups in total. The van der Waals surface area contributed by atoms with E-state index in [-0.39, 0.29) is 29.3 Å². The zero-order chi connectivity index (χ0) is 21.3. The number of rotatable bonds is 4. The second-order valence-electron chi connectivity index (χ2n) is 6.62. The number of hydrogen-bond acceptors (Lipinski definition) is 3. The number of nitrogens with one attached hydrogen (secondary N) is 1. The van der Waals surface area contributed by atoms with E-state index in [4.69, 9.17) is 4.74 Å². The van der Waals surface area contributed by atoms with Crippen LogP contribution in [-0.4, -0.2) is 18.0 Å². The Morgan fingerprint density at radius 1 is 1.14 bits per heavy atom. The first kappa shape index (κ1) is 20.6. The van der Waals surface area contributed by atoms with Gasteiger partial charge in [-0.1, -0.05) is 18.2 Å². The van der Waals surface area contributed by atoms with Crippen molar-refractivity contribution in [3.05, 3.63) is 70.0 Å². The van der Waals surface area contributed by atoms with E-state index in [1.165, 1.54) is 19.2 Å². The Morgan fingerprint density at radius 2 is 1.86 bits per heavy atom. The normalized spacial score (nSPS) is 11.6. The van der Waals surface area contributed by atoms with E-state index in [9.17, 15) is 22.4 Å². The monoisotopic (exact) mass is 406 g/mol. The molecule has 152 valence electrons. The predicted octanol–water partition coefficient (Wildman–Crippen LogP) is 4.95. The Bertz CT molecular complexity index is 1090. The fourth-order valence-corrected chi connectivity index (χ4v) is 3.01. The molecule has 0 fully saturated rings. The molecule has 1 heterocycles. The average molecular weight is 406 g/mol. The third-order valence-electron chi connectivity index (χ3n) is 4.65. The van der Waals surface area contributed by atoms with Crippen LogP contribution in [0.3, 0.4) is 0 Å². The van der Waals surface area contributed by atoms with E-state index in [0.29, 0.717) is 22.1 Å². The molecular weight excluding hydrogens is 388 g/mol. The number of alkyl halides is 3. The van der Waals surface area contributed by atoms with Gasteiger partial charge in [0.15, 0.2) is 0 Å². The average Bonchev–Trinajstić information content (AvgIpc) is 2.67. The quantitative estimate of drug-likeness (QED) is 0.624. The van der Waals surface area contributed by atoms with Crippen LogP contribution >= 0.6 is 0 Å². The van der Waals surface area contributed by atoms with Crippen LogP contribution in [0.2, 0.25) is 0 Å². The fraction of sp³-hybridized carbons (Fsp3) is 0.238. The number of benzene rings is 2. The van der Waals surface area contributed by atoms with Crippen molar-refractivity contribution < 1.29 is 27.1 Å². The van der Waals surface area contributed by atoms with Crippen molar-refractivity contribution in [2.24, 2.45) is 0 Å². The van der Waals surface area contributed by atoms with Gasteiger partial charge in [0.25, 0.3) is 5.91 Å². The summed E-state index contributed by atoms with van der Waals surface area (Å²) in [5.74, 6) is -0.977. The Morgan fingerprint density at radius 3 is 2.48 bits per heavy atom. The Labute approximate surface area is 164 Å². The third kappa shape index (κ3) is 4.16. The molecule has 0 aliphatic carbocycles. The summed E-state index contributed by atoms with van der Waals surface area (Å²) in [6.07, 6.45) is -4.50. The van der Waals surface area contributed by atoms with E-state index in [1.54, 1.807) is 26.0 Å². The van der Waals surface area contributed by atoms with Crippen LogP contribution in [0.25, 0.3) is 10.9 Å². The molecule has 0 radical (unpaired) electrons. The number of fused-ring (bicyclic) bond motifs is 1. The zero-order valence-corrected chi connectivity index (χ0v) is 15.9. The minimum Gasteiger partial charge on any atom is -0.480 e. The van der Waals surface area contributed by atoms with Crippen LogP contribution in [0, 0.1) is 19.7 Å². The van der Waals surface area contributed by atoms with E-state index < -0.39 is 17.6 Å². The van der Waals surface area contributed by atoms with Gasteiger partial charge in [0.1, 0.15) is 11.4 Å². The van der Waals surface area contributed by atoms with Crippen molar-refractivity contribution in [3.8, 4) is 5.88 Å². The highest BCUT2D eigenvalue weighted by atomic mass is 19.4. The molecule has 0 bridgehead atoms. The summed E-state index contributed by atoms with van der Waals surface area (Å²) < 4.78 is 57.7. The summed E-state index contributed by atoms with van der Waals surface area (Å²) in [4.78, 5) is 16.8. The molecule has 3 rings (SSSR count). The minimum absolute atomic E-state index is 0.0731. The zero-order valence-electron chi connectivity index (χ0n) is 15.9. The lowest BCUT2D eigenvalue weighted by molar-refractivity contribution is -0.137. The summed E-state index contributed by atoms with van der Waals surface area (Å²) in [6, 6.07) is 7.78. The number of carbonyl (C=O) groups is 1. The number of hydrogen-bond donors (Lipinski definition) is 1. The van der Waals surface area contributed by atoms with Crippen LogP contribution in [0.4, 0.5) is 17.6 Å². The SMILES string of the molecule is COc1nc2cc(C(F)(F)F)ccc2c(C)c1C(=O)NCc1ccc(C)c(F)c1. The minimum atomic E-state index is -4.50. The Balaban J connectivity index is 1.95. The number of carbonyl (C=O) groups excluding carboxylic acids is 1. The number of ether oxygens (including phenoxy) is 1. The Hall–Kier alpha value is -3.16. The second-order valence-corrected chi connectivity index (χ2v) is 6.62. The van der Waals surface area contributed by atoms with Gasteiger partial charge >= 0.3 is 6.18 Å².